The van der Waals surface area contributed by atoms with Gasteiger partial charge in [0.05, 0.1) is 6.07 Å². The highest BCUT2D eigenvalue weighted by atomic mass is 32.2. The minimum absolute atomic E-state index is 0.212. The van der Waals surface area contributed by atoms with E-state index in [1.807, 2.05) is 17.2 Å². The average Bonchev–Trinajstić information content (AvgIpc) is 2.53. The number of hydrogen-bond acceptors (Lipinski definition) is 3. The van der Waals surface area contributed by atoms with E-state index in [0.29, 0.717) is 19.5 Å². The monoisotopic (exact) mass is 302 g/mol. The van der Waals surface area contributed by atoms with Crippen LogP contribution < -0.4 is 0 Å². The lowest BCUT2D eigenvalue weighted by Crippen LogP contribution is -2.44. The number of aryl methyl sites for hydroxylation is 2. The Labute approximate surface area is 131 Å². The highest BCUT2D eigenvalue weighted by Crippen LogP contribution is 2.33. The van der Waals surface area contributed by atoms with E-state index >= 15 is 0 Å². The van der Waals surface area contributed by atoms with E-state index in [-0.39, 0.29) is 10.7 Å². The Hall–Kier alpha value is -1.47. The van der Waals surface area contributed by atoms with Crippen molar-refractivity contribution in [2.45, 2.75) is 37.4 Å². The molecule has 0 aromatic heterocycles. The topological polar surface area (TPSA) is 44.1 Å². The molecule has 1 heterocycles. The van der Waals surface area contributed by atoms with Gasteiger partial charge in [-0.3, -0.25) is 4.79 Å². The molecule has 0 unspecified atom stereocenters. The van der Waals surface area contributed by atoms with Crippen molar-refractivity contribution < 1.29 is 4.79 Å². The summed E-state index contributed by atoms with van der Waals surface area (Å²) in [4.78, 5) is 14.2. The van der Waals surface area contributed by atoms with Gasteiger partial charge in [-0.1, -0.05) is 29.8 Å². The minimum Gasteiger partial charge on any atom is -0.343 e. The molecule has 0 bridgehead atoms. The van der Waals surface area contributed by atoms with Crippen LogP contribution in [0.2, 0.25) is 0 Å². The number of thioether (sulfide) groups is 1. The van der Waals surface area contributed by atoms with E-state index in [0.717, 1.165) is 19.3 Å². The van der Waals surface area contributed by atoms with Gasteiger partial charge in [-0.15, -0.1) is 11.8 Å². The Bertz CT molecular complexity index is 542. The molecule has 1 aliphatic heterocycles. The molecule has 0 saturated carbocycles. The van der Waals surface area contributed by atoms with E-state index in [4.69, 9.17) is 0 Å². The van der Waals surface area contributed by atoms with Gasteiger partial charge >= 0.3 is 0 Å². The number of carbonyl (C=O) groups is 1. The normalized spacial score (nSPS) is 17.3. The fourth-order valence-corrected chi connectivity index (χ4v) is 3.44. The van der Waals surface area contributed by atoms with Crippen LogP contribution in [0.4, 0.5) is 0 Å². The van der Waals surface area contributed by atoms with Crippen molar-refractivity contribution in [3.8, 4) is 6.07 Å². The highest BCUT2D eigenvalue weighted by molar-refractivity contribution is 8.00. The summed E-state index contributed by atoms with van der Waals surface area (Å²) in [6, 6.07) is 10.7. The smallest absolute Gasteiger partial charge is 0.222 e. The van der Waals surface area contributed by atoms with Crippen molar-refractivity contribution >= 4 is 17.7 Å². The van der Waals surface area contributed by atoms with E-state index in [1.165, 1.54) is 11.1 Å². The fourth-order valence-electron chi connectivity index (χ4n) is 2.76. The van der Waals surface area contributed by atoms with Crippen molar-refractivity contribution in [1.29, 1.82) is 5.26 Å². The summed E-state index contributed by atoms with van der Waals surface area (Å²) < 4.78 is -0.284. The highest BCUT2D eigenvalue weighted by Gasteiger charge is 2.35. The molecule has 1 amide bonds. The number of rotatable bonds is 4. The molecule has 4 heteroatoms. The molecule has 1 aromatic carbocycles. The van der Waals surface area contributed by atoms with Crippen LogP contribution in [0.1, 0.15) is 30.4 Å². The largest absolute Gasteiger partial charge is 0.343 e. The van der Waals surface area contributed by atoms with E-state index in [1.54, 1.807) is 11.8 Å². The summed E-state index contributed by atoms with van der Waals surface area (Å²) in [5, 5.41) is 9.27. The van der Waals surface area contributed by atoms with Crippen molar-refractivity contribution in [3.05, 3.63) is 35.4 Å². The molecule has 112 valence electrons. The Morgan fingerprint density at radius 2 is 2.14 bits per heavy atom. The lowest BCUT2D eigenvalue weighted by molar-refractivity contribution is -0.132. The SMILES string of the molecule is CSC1(C#N)CCN(C(=O)CCc2cccc(C)c2)CC1. The van der Waals surface area contributed by atoms with Gasteiger partial charge < -0.3 is 4.90 Å². The zero-order valence-electron chi connectivity index (χ0n) is 12.8. The molecular formula is C17H22N2OS. The first kappa shape index (κ1) is 15.9. The molecule has 0 atom stereocenters. The number of likely N-dealkylation sites (tertiary alicyclic amines) is 1. The van der Waals surface area contributed by atoms with Crippen molar-refractivity contribution in [3.63, 3.8) is 0 Å². The molecule has 1 saturated heterocycles. The number of nitriles is 1. The van der Waals surface area contributed by atoms with Crippen molar-refractivity contribution in [1.82, 2.24) is 4.90 Å². The van der Waals surface area contributed by atoms with Gasteiger partial charge in [0.1, 0.15) is 4.75 Å². The third kappa shape index (κ3) is 4.01. The number of benzene rings is 1. The van der Waals surface area contributed by atoms with Gasteiger partial charge in [-0.25, -0.2) is 0 Å². The Kier molecular flexibility index (Phi) is 5.30. The first-order valence-electron chi connectivity index (χ1n) is 7.38. The van der Waals surface area contributed by atoms with Crippen molar-refractivity contribution in [2.24, 2.45) is 0 Å². The number of carbonyl (C=O) groups excluding carboxylic acids is 1. The van der Waals surface area contributed by atoms with E-state index in [2.05, 4.69) is 31.2 Å². The Balaban J connectivity index is 1.84. The third-order valence-corrected chi connectivity index (χ3v) is 5.51. The zero-order chi connectivity index (χ0) is 15.3. The second kappa shape index (κ2) is 7.00. The zero-order valence-corrected chi connectivity index (χ0v) is 13.6. The summed E-state index contributed by atoms with van der Waals surface area (Å²) in [5.74, 6) is 0.212. The summed E-state index contributed by atoms with van der Waals surface area (Å²) in [6.45, 7) is 3.49. The third-order valence-electron chi connectivity index (χ3n) is 4.23. The molecule has 0 radical (unpaired) electrons. The molecule has 0 aliphatic carbocycles. The molecule has 2 rings (SSSR count). The van der Waals surface area contributed by atoms with Crippen LogP contribution in [0.5, 0.6) is 0 Å². The van der Waals surface area contributed by atoms with E-state index < -0.39 is 0 Å². The predicted molar refractivity (Wildman–Crippen MR) is 87.2 cm³/mol. The summed E-state index contributed by atoms with van der Waals surface area (Å²) in [5.41, 5.74) is 2.45. The van der Waals surface area contributed by atoms with Gasteiger partial charge in [0, 0.05) is 19.5 Å². The Morgan fingerprint density at radius 1 is 1.43 bits per heavy atom. The predicted octanol–water partition coefficient (Wildman–Crippen LogP) is 3.18. The molecule has 1 fully saturated rings. The van der Waals surface area contributed by atoms with Crippen LogP contribution >= 0.6 is 11.8 Å². The number of amides is 1. The quantitative estimate of drug-likeness (QED) is 0.858. The molecule has 3 nitrogen and oxygen atoms in total. The lowest BCUT2D eigenvalue weighted by atomic mass is 9.96. The van der Waals surface area contributed by atoms with Crippen LogP contribution in [0.3, 0.4) is 0 Å². The standard InChI is InChI=1S/C17H22N2OS/c1-14-4-3-5-15(12-14)6-7-16(20)19-10-8-17(13-18,21-2)9-11-19/h3-5,12H,6-11H2,1-2H3. The second-order valence-electron chi connectivity index (χ2n) is 5.68. The van der Waals surface area contributed by atoms with Crippen molar-refractivity contribution in [2.75, 3.05) is 19.3 Å². The van der Waals surface area contributed by atoms with Gasteiger partial charge in [0.2, 0.25) is 5.91 Å². The first-order valence-corrected chi connectivity index (χ1v) is 8.61. The van der Waals surface area contributed by atoms with Crippen LogP contribution in [-0.2, 0) is 11.2 Å². The number of piperidine rings is 1. The summed E-state index contributed by atoms with van der Waals surface area (Å²) >= 11 is 1.62. The first-order chi connectivity index (χ1) is 10.1. The molecule has 1 aromatic rings. The average molecular weight is 302 g/mol. The summed E-state index contributed by atoms with van der Waals surface area (Å²) in [7, 11) is 0. The maximum Gasteiger partial charge on any atom is 0.222 e. The maximum absolute atomic E-state index is 12.3. The molecule has 0 N–H and O–H groups in total. The van der Waals surface area contributed by atoms with Gasteiger partial charge in [0.25, 0.3) is 0 Å². The fraction of sp³-hybridized carbons (Fsp3) is 0.529. The minimum atomic E-state index is -0.284. The molecule has 21 heavy (non-hydrogen) atoms. The number of hydrogen-bond donors (Lipinski definition) is 0. The molecular weight excluding hydrogens is 280 g/mol. The summed E-state index contributed by atoms with van der Waals surface area (Å²) in [6.07, 6.45) is 4.89. The second-order valence-corrected chi connectivity index (χ2v) is 6.87. The maximum atomic E-state index is 12.3. The molecule has 0 spiro atoms. The van der Waals surface area contributed by atoms with Crippen LogP contribution in [-0.4, -0.2) is 34.9 Å². The van der Waals surface area contributed by atoms with Crippen LogP contribution in [0, 0.1) is 18.3 Å². The van der Waals surface area contributed by atoms with Gasteiger partial charge in [-0.05, 0) is 38.0 Å². The number of nitrogens with zero attached hydrogens (tertiary/aromatic N) is 2. The lowest BCUT2D eigenvalue weighted by Gasteiger charge is -2.36. The van der Waals surface area contributed by atoms with Crippen LogP contribution in [0.15, 0.2) is 24.3 Å². The van der Waals surface area contributed by atoms with Gasteiger partial charge in [-0.2, -0.15) is 5.26 Å². The van der Waals surface area contributed by atoms with Gasteiger partial charge in [0.15, 0.2) is 0 Å². The molecule has 1 aliphatic rings. The Morgan fingerprint density at radius 3 is 2.71 bits per heavy atom. The van der Waals surface area contributed by atoms with Crippen LogP contribution in [0.25, 0.3) is 0 Å². The van der Waals surface area contributed by atoms with E-state index in [9.17, 15) is 10.1 Å².